The van der Waals surface area contributed by atoms with Crippen LogP contribution in [0.5, 0.6) is 5.75 Å². The minimum Gasteiger partial charge on any atom is -0.497 e. The van der Waals surface area contributed by atoms with E-state index in [4.69, 9.17) is 4.74 Å². The lowest BCUT2D eigenvalue weighted by molar-refractivity contribution is 0.0950. The molecule has 0 unspecified atom stereocenters. The van der Waals surface area contributed by atoms with Crippen LogP contribution in [0.2, 0.25) is 0 Å². The van der Waals surface area contributed by atoms with Crippen LogP contribution < -0.4 is 10.1 Å². The first-order valence-corrected chi connectivity index (χ1v) is 9.20. The highest BCUT2D eigenvalue weighted by molar-refractivity contribution is 5.94. The number of carbonyl (C=O) groups is 1. The molecule has 4 aromatic rings. The number of nitrogens with zero attached hydrogens (tertiary/aromatic N) is 3. The number of hydrogen-bond acceptors (Lipinski definition) is 4. The van der Waals surface area contributed by atoms with E-state index in [0.717, 1.165) is 28.3 Å². The fraction of sp³-hybridized carbons (Fsp3) is 0.0870. The number of ether oxygens (including phenoxy) is 1. The van der Waals surface area contributed by atoms with Crippen molar-refractivity contribution in [1.82, 2.24) is 20.1 Å². The Balaban J connectivity index is 1.43. The molecule has 4 rings (SSSR count). The second kappa shape index (κ2) is 8.39. The van der Waals surface area contributed by atoms with Gasteiger partial charge in [0.25, 0.3) is 5.91 Å². The third kappa shape index (κ3) is 4.32. The van der Waals surface area contributed by atoms with Crippen molar-refractivity contribution < 1.29 is 9.53 Å². The maximum absolute atomic E-state index is 12.3. The first kappa shape index (κ1) is 18.4. The van der Waals surface area contributed by atoms with E-state index in [0.29, 0.717) is 12.1 Å². The Morgan fingerprint density at radius 1 is 1.00 bits per heavy atom. The maximum Gasteiger partial charge on any atom is 0.253 e. The molecular weight excluding hydrogens is 364 g/mol. The minimum absolute atomic E-state index is 0.151. The number of carbonyl (C=O) groups excluding carboxylic acids is 1. The zero-order valence-electron chi connectivity index (χ0n) is 15.9. The van der Waals surface area contributed by atoms with Crippen molar-refractivity contribution in [3.8, 4) is 22.7 Å². The molecule has 2 heterocycles. The Labute approximate surface area is 168 Å². The van der Waals surface area contributed by atoms with Gasteiger partial charge in [0.15, 0.2) is 0 Å². The number of benzene rings is 2. The Morgan fingerprint density at radius 3 is 2.48 bits per heavy atom. The Bertz CT molecular complexity index is 1090. The van der Waals surface area contributed by atoms with Gasteiger partial charge in [0, 0.05) is 24.5 Å². The van der Waals surface area contributed by atoms with Crippen molar-refractivity contribution in [2.45, 2.75) is 6.54 Å². The fourth-order valence-corrected chi connectivity index (χ4v) is 2.91. The average Bonchev–Trinajstić information content (AvgIpc) is 3.29. The quantitative estimate of drug-likeness (QED) is 0.548. The molecule has 29 heavy (non-hydrogen) atoms. The molecule has 0 radical (unpaired) electrons. The van der Waals surface area contributed by atoms with Gasteiger partial charge in [0.1, 0.15) is 5.75 Å². The van der Waals surface area contributed by atoms with Gasteiger partial charge in [-0.25, -0.2) is 4.68 Å². The van der Waals surface area contributed by atoms with Crippen molar-refractivity contribution in [3.05, 3.63) is 96.4 Å². The van der Waals surface area contributed by atoms with E-state index in [1.165, 1.54) is 0 Å². The predicted molar refractivity (Wildman–Crippen MR) is 111 cm³/mol. The molecule has 0 fully saturated rings. The van der Waals surface area contributed by atoms with Crippen molar-refractivity contribution >= 4 is 5.91 Å². The summed E-state index contributed by atoms with van der Waals surface area (Å²) in [6.07, 6.45) is 5.24. The molecule has 0 atom stereocenters. The van der Waals surface area contributed by atoms with Gasteiger partial charge in [-0.1, -0.05) is 30.3 Å². The summed E-state index contributed by atoms with van der Waals surface area (Å²) in [6, 6.07) is 21.0. The van der Waals surface area contributed by atoms with E-state index >= 15 is 0 Å². The molecule has 2 aromatic carbocycles. The Kier molecular flexibility index (Phi) is 5.33. The van der Waals surface area contributed by atoms with Crippen molar-refractivity contribution in [2.75, 3.05) is 7.11 Å². The minimum atomic E-state index is -0.151. The Morgan fingerprint density at radius 2 is 1.79 bits per heavy atom. The standard InChI is InChI=1S/C23H20N4O2/c1-29-21-10-8-20(9-11-21)27-16-19(15-26-27)22-12-7-18(14-24-22)23(28)25-13-17-5-3-2-4-6-17/h2-12,14-16H,13H2,1H3,(H,25,28). The van der Waals surface area contributed by atoms with E-state index in [2.05, 4.69) is 15.4 Å². The van der Waals surface area contributed by atoms with E-state index in [1.807, 2.05) is 66.9 Å². The summed E-state index contributed by atoms with van der Waals surface area (Å²) < 4.78 is 6.95. The number of amides is 1. The summed E-state index contributed by atoms with van der Waals surface area (Å²) in [4.78, 5) is 16.8. The normalized spacial score (nSPS) is 10.5. The van der Waals surface area contributed by atoms with Gasteiger partial charge in [-0.15, -0.1) is 0 Å². The molecule has 0 saturated carbocycles. The largest absolute Gasteiger partial charge is 0.497 e. The van der Waals surface area contributed by atoms with E-state index in [-0.39, 0.29) is 5.91 Å². The molecule has 0 spiro atoms. The molecule has 2 aromatic heterocycles. The second-order valence-electron chi connectivity index (χ2n) is 6.47. The van der Waals surface area contributed by atoms with Crippen LogP contribution in [-0.4, -0.2) is 27.8 Å². The monoisotopic (exact) mass is 384 g/mol. The predicted octanol–water partition coefficient (Wildman–Crippen LogP) is 3.87. The number of rotatable bonds is 6. The zero-order chi connectivity index (χ0) is 20.1. The van der Waals surface area contributed by atoms with Crippen LogP contribution in [0.25, 0.3) is 16.9 Å². The number of hydrogen-bond donors (Lipinski definition) is 1. The van der Waals surface area contributed by atoms with Gasteiger partial charge in [0.2, 0.25) is 0 Å². The van der Waals surface area contributed by atoms with Crippen LogP contribution in [0.1, 0.15) is 15.9 Å². The number of methoxy groups -OCH3 is 1. The van der Waals surface area contributed by atoms with Crippen molar-refractivity contribution in [1.29, 1.82) is 0 Å². The van der Waals surface area contributed by atoms with Crippen molar-refractivity contribution in [3.63, 3.8) is 0 Å². The van der Waals surface area contributed by atoms with Crippen molar-refractivity contribution in [2.24, 2.45) is 0 Å². The maximum atomic E-state index is 12.3. The van der Waals surface area contributed by atoms with Gasteiger partial charge >= 0.3 is 0 Å². The van der Waals surface area contributed by atoms with Gasteiger partial charge in [-0.2, -0.15) is 5.10 Å². The molecule has 0 aliphatic carbocycles. The van der Waals surface area contributed by atoms with Crippen LogP contribution in [0.4, 0.5) is 0 Å². The molecule has 1 N–H and O–H groups in total. The van der Waals surface area contributed by atoms with Gasteiger partial charge in [-0.05, 0) is 42.0 Å². The van der Waals surface area contributed by atoms with E-state index in [1.54, 1.807) is 30.3 Å². The lowest BCUT2D eigenvalue weighted by atomic mass is 10.2. The lowest BCUT2D eigenvalue weighted by Gasteiger charge is -2.06. The van der Waals surface area contributed by atoms with Gasteiger partial charge in [-0.3, -0.25) is 9.78 Å². The van der Waals surface area contributed by atoms with E-state index < -0.39 is 0 Å². The van der Waals surface area contributed by atoms with Crippen LogP contribution >= 0.6 is 0 Å². The molecule has 1 amide bonds. The number of aromatic nitrogens is 3. The highest BCUT2D eigenvalue weighted by Crippen LogP contribution is 2.20. The topological polar surface area (TPSA) is 69.0 Å². The number of pyridine rings is 1. The van der Waals surface area contributed by atoms with Crippen LogP contribution in [0.15, 0.2) is 85.3 Å². The number of nitrogens with one attached hydrogen (secondary N) is 1. The molecular formula is C23H20N4O2. The summed E-state index contributed by atoms with van der Waals surface area (Å²) in [7, 11) is 1.64. The summed E-state index contributed by atoms with van der Waals surface area (Å²) in [5, 5.41) is 7.30. The summed E-state index contributed by atoms with van der Waals surface area (Å²) in [6.45, 7) is 0.482. The second-order valence-corrected chi connectivity index (χ2v) is 6.47. The van der Waals surface area contributed by atoms with Gasteiger partial charge in [0.05, 0.1) is 30.3 Å². The average molecular weight is 384 g/mol. The lowest BCUT2D eigenvalue weighted by Crippen LogP contribution is -2.22. The highest BCUT2D eigenvalue weighted by atomic mass is 16.5. The first-order valence-electron chi connectivity index (χ1n) is 9.20. The third-order valence-corrected chi connectivity index (χ3v) is 4.54. The molecule has 0 aliphatic heterocycles. The molecule has 6 heteroatoms. The molecule has 6 nitrogen and oxygen atoms in total. The highest BCUT2D eigenvalue weighted by Gasteiger charge is 2.09. The van der Waals surface area contributed by atoms with Gasteiger partial charge < -0.3 is 10.1 Å². The van der Waals surface area contributed by atoms with E-state index in [9.17, 15) is 4.79 Å². The smallest absolute Gasteiger partial charge is 0.253 e. The molecule has 0 aliphatic rings. The van der Waals surface area contributed by atoms with Crippen LogP contribution in [0, 0.1) is 0 Å². The first-order chi connectivity index (χ1) is 14.2. The molecule has 144 valence electrons. The fourth-order valence-electron chi connectivity index (χ4n) is 2.91. The summed E-state index contributed by atoms with van der Waals surface area (Å²) in [5.41, 5.74) is 4.12. The zero-order valence-corrected chi connectivity index (χ0v) is 15.9. The molecule has 0 saturated heterocycles. The van der Waals surface area contributed by atoms with Crippen LogP contribution in [-0.2, 0) is 6.54 Å². The SMILES string of the molecule is COc1ccc(-n2cc(-c3ccc(C(=O)NCc4ccccc4)cn3)cn2)cc1. The van der Waals surface area contributed by atoms with Crippen LogP contribution in [0.3, 0.4) is 0 Å². The molecule has 0 bridgehead atoms. The summed E-state index contributed by atoms with van der Waals surface area (Å²) >= 11 is 0. The Hall–Kier alpha value is -3.93. The third-order valence-electron chi connectivity index (χ3n) is 4.54. The summed E-state index contributed by atoms with van der Waals surface area (Å²) in [5.74, 6) is 0.644.